The van der Waals surface area contributed by atoms with Crippen LogP contribution in [0.4, 0.5) is 4.79 Å². The molecular formula is C24H28ClNO4. The van der Waals surface area contributed by atoms with Gasteiger partial charge in [-0.3, -0.25) is 4.79 Å². The van der Waals surface area contributed by atoms with Crippen LogP contribution in [-0.4, -0.2) is 36.7 Å². The molecule has 2 aromatic carbocycles. The van der Waals surface area contributed by atoms with Gasteiger partial charge in [0.05, 0.1) is 12.0 Å². The highest BCUT2D eigenvalue weighted by molar-refractivity contribution is 6.30. The van der Waals surface area contributed by atoms with Crippen LogP contribution in [0.15, 0.2) is 54.6 Å². The van der Waals surface area contributed by atoms with Crippen molar-refractivity contribution >= 4 is 23.7 Å². The minimum atomic E-state index is -0.785. The first-order valence-electron chi connectivity index (χ1n) is 10.4. The first kappa shape index (κ1) is 22.2. The summed E-state index contributed by atoms with van der Waals surface area (Å²) in [6.45, 7) is 3.40. The number of carbonyl (C=O) groups is 2. The number of hydrogen-bond acceptors (Lipinski definition) is 4. The summed E-state index contributed by atoms with van der Waals surface area (Å²) in [6.07, 6.45) is 2.23. The van der Waals surface area contributed by atoms with Gasteiger partial charge in [-0.2, -0.15) is 0 Å². The van der Waals surface area contributed by atoms with Crippen molar-refractivity contribution in [2.75, 3.05) is 19.7 Å². The third-order valence-corrected chi connectivity index (χ3v) is 5.62. The van der Waals surface area contributed by atoms with Crippen molar-refractivity contribution in [2.24, 2.45) is 5.41 Å². The molecule has 1 saturated heterocycles. The third-order valence-electron chi connectivity index (χ3n) is 5.37. The van der Waals surface area contributed by atoms with Crippen LogP contribution in [-0.2, 0) is 27.3 Å². The van der Waals surface area contributed by atoms with Gasteiger partial charge in [0.15, 0.2) is 0 Å². The number of amides is 1. The van der Waals surface area contributed by atoms with E-state index >= 15 is 0 Å². The molecule has 1 aliphatic heterocycles. The molecule has 6 heteroatoms. The van der Waals surface area contributed by atoms with Gasteiger partial charge >= 0.3 is 12.1 Å². The van der Waals surface area contributed by atoms with Crippen LogP contribution in [0.2, 0.25) is 5.02 Å². The van der Waals surface area contributed by atoms with Crippen LogP contribution >= 0.6 is 11.6 Å². The summed E-state index contributed by atoms with van der Waals surface area (Å²) in [7, 11) is 0. The number of likely N-dealkylation sites (tertiary alicyclic amines) is 1. The molecule has 30 heavy (non-hydrogen) atoms. The van der Waals surface area contributed by atoms with Crippen LogP contribution in [0.25, 0.3) is 0 Å². The summed E-state index contributed by atoms with van der Waals surface area (Å²) in [5, 5.41) is 0.649. The molecule has 1 amide bonds. The Labute approximate surface area is 182 Å². The standard InChI is InChI=1S/C24H28ClNO4/c1-2-15-29-22(27)24(16-19-9-11-21(25)12-10-19)13-6-14-26(18-24)23(28)30-17-20-7-4-3-5-8-20/h3-5,7-12H,2,6,13-18H2,1H3. The van der Waals surface area contributed by atoms with E-state index in [4.69, 9.17) is 21.1 Å². The zero-order valence-corrected chi connectivity index (χ0v) is 18.1. The Kier molecular flexibility index (Phi) is 7.75. The second-order valence-electron chi connectivity index (χ2n) is 7.78. The van der Waals surface area contributed by atoms with Gasteiger partial charge in [0.25, 0.3) is 0 Å². The molecular weight excluding hydrogens is 402 g/mol. The van der Waals surface area contributed by atoms with Gasteiger partial charge in [-0.25, -0.2) is 4.79 Å². The van der Waals surface area contributed by atoms with Gasteiger partial charge in [-0.15, -0.1) is 0 Å². The Morgan fingerprint density at radius 1 is 1.03 bits per heavy atom. The Morgan fingerprint density at radius 3 is 2.47 bits per heavy atom. The summed E-state index contributed by atoms with van der Waals surface area (Å²) >= 11 is 6.01. The quantitative estimate of drug-likeness (QED) is 0.563. The van der Waals surface area contributed by atoms with E-state index in [0.717, 1.165) is 24.0 Å². The lowest BCUT2D eigenvalue weighted by Crippen LogP contribution is -2.51. The van der Waals surface area contributed by atoms with Gasteiger partial charge in [-0.1, -0.05) is 61.0 Å². The first-order valence-corrected chi connectivity index (χ1v) is 10.8. The SMILES string of the molecule is CCCOC(=O)C1(Cc2ccc(Cl)cc2)CCCN(C(=O)OCc2ccccc2)C1. The highest BCUT2D eigenvalue weighted by Gasteiger charge is 2.45. The molecule has 1 heterocycles. The Balaban J connectivity index is 1.73. The number of hydrogen-bond donors (Lipinski definition) is 0. The monoisotopic (exact) mass is 429 g/mol. The zero-order valence-electron chi connectivity index (χ0n) is 17.3. The topological polar surface area (TPSA) is 55.8 Å². The van der Waals surface area contributed by atoms with Gasteiger partial charge < -0.3 is 14.4 Å². The number of piperidine rings is 1. The molecule has 2 aromatic rings. The molecule has 0 N–H and O–H groups in total. The Hall–Kier alpha value is -2.53. The largest absolute Gasteiger partial charge is 0.465 e. The van der Waals surface area contributed by atoms with Crippen molar-refractivity contribution in [3.05, 3.63) is 70.7 Å². The number of esters is 1. The average Bonchev–Trinajstić information content (AvgIpc) is 2.78. The lowest BCUT2D eigenvalue weighted by Gasteiger charge is -2.40. The van der Waals surface area contributed by atoms with Crippen LogP contribution in [0.5, 0.6) is 0 Å². The van der Waals surface area contributed by atoms with Crippen molar-refractivity contribution in [3.63, 3.8) is 0 Å². The smallest absolute Gasteiger partial charge is 0.410 e. The van der Waals surface area contributed by atoms with E-state index in [2.05, 4.69) is 0 Å². The molecule has 0 spiro atoms. The fourth-order valence-corrected chi connectivity index (χ4v) is 3.95. The summed E-state index contributed by atoms with van der Waals surface area (Å²) in [5.74, 6) is -0.250. The van der Waals surface area contributed by atoms with Crippen molar-refractivity contribution in [2.45, 2.75) is 39.2 Å². The number of halogens is 1. The van der Waals surface area contributed by atoms with Crippen molar-refractivity contribution in [3.8, 4) is 0 Å². The predicted octanol–water partition coefficient (Wildman–Crippen LogP) is 5.25. The van der Waals surface area contributed by atoms with Crippen molar-refractivity contribution in [1.82, 2.24) is 4.90 Å². The molecule has 160 valence electrons. The molecule has 5 nitrogen and oxygen atoms in total. The fourth-order valence-electron chi connectivity index (χ4n) is 3.82. The van der Waals surface area contributed by atoms with E-state index in [0.29, 0.717) is 31.0 Å². The third kappa shape index (κ3) is 5.76. The number of benzene rings is 2. The highest BCUT2D eigenvalue weighted by Crippen LogP contribution is 2.36. The van der Waals surface area contributed by atoms with E-state index in [1.807, 2.05) is 61.5 Å². The Bertz CT molecular complexity index is 840. The maximum atomic E-state index is 13.1. The van der Waals surface area contributed by atoms with Gasteiger partial charge in [0.1, 0.15) is 6.61 Å². The lowest BCUT2D eigenvalue weighted by atomic mass is 9.75. The predicted molar refractivity (Wildman–Crippen MR) is 116 cm³/mol. The molecule has 0 aliphatic carbocycles. The highest BCUT2D eigenvalue weighted by atomic mass is 35.5. The summed E-state index contributed by atoms with van der Waals surface area (Å²) in [5.41, 5.74) is 1.14. The average molecular weight is 430 g/mol. The van der Waals surface area contributed by atoms with Gasteiger partial charge in [0.2, 0.25) is 0 Å². The van der Waals surface area contributed by atoms with Gasteiger partial charge in [-0.05, 0) is 48.9 Å². The minimum absolute atomic E-state index is 0.209. The number of ether oxygens (including phenoxy) is 2. The molecule has 0 aromatic heterocycles. The maximum absolute atomic E-state index is 13.1. The van der Waals surface area contributed by atoms with Crippen LogP contribution < -0.4 is 0 Å². The normalized spacial score (nSPS) is 18.7. The first-order chi connectivity index (χ1) is 14.5. The lowest BCUT2D eigenvalue weighted by molar-refractivity contribution is -0.159. The second kappa shape index (κ2) is 10.5. The summed E-state index contributed by atoms with van der Waals surface area (Å²) in [6, 6.07) is 17.0. The van der Waals surface area contributed by atoms with Crippen molar-refractivity contribution < 1.29 is 19.1 Å². The summed E-state index contributed by atoms with van der Waals surface area (Å²) < 4.78 is 11.0. The fraction of sp³-hybridized carbons (Fsp3) is 0.417. The molecule has 1 unspecified atom stereocenters. The van der Waals surface area contributed by atoms with Crippen molar-refractivity contribution in [1.29, 1.82) is 0 Å². The number of nitrogens with zero attached hydrogens (tertiary/aromatic N) is 1. The van der Waals surface area contributed by atoms with E-state index < -0.39 is 11.5 Å². The molecule has 3 rings (SSSR count). The van der Waals surface area contributed by atoms with Crippen LogP contribution in [0.3, 0.4) is 0 Å². The molecule has 0 radical (unpaired) electrons. The minimum Gasteiger partial charge on any atom is -0.465 e. The zero-order chi connectivity index (χ0) is 21.4. The van der Waals surface area contributed by atoms with Crippen LogP contribution in [0, 0.1) is 5.41 Å². The maximum Gasteiger partial charge on any atom is 0.410 e. The van der Waals surface area contributed by atoms with E-state index in [1.165, 1.54) is 0 Å². The second-order valence-corrected chi connectivity index (χ2v) is 8.22. The summed E-state index contributed by atoms with van der Waals surface area (Å²) in [4.78, 5) is 27.4. The molecule has 0 saturated carbocycles. The molecule has 1 aliphatic rings. The van der Waals surface area contributed by atoms with Gasteiger partial charge in [0, 0.05) is 18.1 Å². The number of carbonyl (C=O) groups excluding carboxylic acids is 2. The molecule has 1 atom stereocenters. The van der Waals surface area contributed by atoms with E-state index in [-0.39, 0.29) is 19.1 Å². The van der Waals surface area contributed by atoms with E-state index in [1.54, 1.807) is 4.90 Å². The molecule has 1 fully saturated rings. The van der Waals surface area contributed by atoms with Crippen LogP contribution in [0.1, 0.15) is 37.3 Å². The number of rotatable bonds is 7. The molecule has 0 bridgehead atoms. The Morgan fingerprint density at radius 2 is 1.77 bits per heavy atom. The van der Waals surface area contributed by atoms with E-state index in [9.17, 15) is 9.59 Å².